The smallest absolute Gasteiger partial charge is 0.241 e. The summed E-state index contributed by atoms with van der Waals surface area (Å²) in [6, 6.07) is 14.7. The highest BCUT2D eigenvalue weighted by Crippen LogP contribution is 2.46. The quantitative estimate of drug-likeness (QED) is 0.533. The van der Waals surface area contributed by atoms with E-state index in [4.69, 9.17) is 0 Å². The SMILES string of the molecule is CC1=C[C@@H]([C@@H]2CC(=O)N(c3ccc(C)cc3)C2=O)C[C@H]2C(=O)N(c3ccc(C)cc3)C(=O)[C@H]12. The molecule has 4 amide bonds. The summed E-state index contributed by atoms with van der Waals surface area (Å²) in [5.41, 5.74) is 4.05. The summed E-state index contributed by atoms with van der Waals surface area (Å²) < 4.78 is 0. The lowest BCUT2D eigenvalue weighted by Gasteiger charge is -2.29. The number of nitrogens with zero attached hydrogens (tertiary/aromatic N) is 2. The zero-order chi connectivity index (χ0) is 23.4. The largest absolute Gasteiger partial charge is 0.274 e. The lowest BCUT2D eigenvalue weighted by molar-refractivity contribution is -0.125. The zero-order valence-electron chi connectivity index (χ0n) is 18.9. The fourth-order valence-corrected chi connectivity index (χ4v) is 5.46. The molecule has 33 heavy (non-hydrogen) atoms. The maximum absolute atomic E-state index is 13.3. The van der Waals surface area contributed by atoms with Crippen molar-refractivity contribution in [1.82, 2.24) is 0 Å². The summed E-state index contributed by atoms with van der Waals surface area (Å²) in [7, 11) is 0. The predicted molar refractivity (Wildman–Crippen MR) is 124 cm³/mol. The minimum Gasteiger partial charge on any atom is -0.274 e. The Hall–Kier alpha value is -3.54. The maximum atomic E-state index is 13.3. The number of allylic oxidation sites excluding steroid dienone is 1. The Balaban J connectivity index is 1.41. The molecule has 1 aliphatic carbocycles. The molecule has 0 aromatic heterocycles. The summed E-state index contributed by atoms with van der Waals surface area (Å²) in [6.07, 6.45) is 2.45. The molecule has 168 valence electrons. The van der Waals surface area contributed by atoms with Crippen molar-refractivity contribution < 1.29 is 19.2 Å². The molecule has 0 radical (unpaired) electrons. The van der Waals surface area contributed by atoms with Gasteiger partial charge in [0.15, 0.2) is 0 Å². The van der Waals surface area contributed by atoms with Gasteiger partial charge in [0.25, 0.3) is 0 Å². The van der Waals surface area contributed by atoms with Crippen molar-refractivity contribution in [2.75, 3.05) is 9.80 Å². The van der Waals surface area contributed by atoms with Crippen molar-refractivity contribution >= 4 is 35.0 Å². The van der Waals surface area contributed by atoms with Gasteiger partial charge >= 0.3 is 0 Å². The van der Waals surface area contributed by atoms with Gasteiger partial charge in [-0.15, -0.1) is 0 Å². The Labute approximate surface area is 192 Å². The van der Waals surface area contributed by atoms with Crippen molar-refractivity contribution in [1.29, 1.82) is 0 Å². The molecule has 2 aliphatic heterocycles. The van der Waals surface area contributed by atoms with Crippen molar-refractivity contribution in [2.45, 2.75) is 33.6 Å². The molecular weight excluding hydrogens is 416 g/mol. The molecule has 4 atom stereocenters. The first kappa shape index (κ1) is 21.3. The van der Waals surface area contributed by atoms with E-state index in [1.807, 2.05) is 51.1 Å². The van der Waals surface area contributed by atoms with Gasteiger partial charge in [0.1, 0.15) is 0 Å². The van der Waals surface area contributed by atoms with E-state index in [1.54, 1.807) is 24.3 Å². The first-order valence-corrected chi connectivity index (χ1v) is 11.3. The van der Waals surface area contributed by atoms with Gasteiger partial charge in [-0.1, -0.05) is 47.0 Å². The van der Waals surface area contributed by atoms with E-state index >= 15 is 0 Å². The van der Waals surface area contributed by atoms with Crippen LogP contribution in [0, 0.1) is 37.5 Å². The molecule has 2 aromatic rings. The number of rotatable bonds is 3. The molecule has 3 aliphatic rings. The minimum absolute atomic E-state index is 0.113. The van der Waals surface area contributed by atoms with Crippen molar-refractivity contribution in [3.05, 3.63) is 71.3 Å². The van der Waals surface area contributed by atoms with E-state index in [1.165, 1.54) is 9.80 Å². The lowest BCUT2D eigenvalue weighted by Crippen LogP contribution is -2.35. The molecule has 6 nitrogen and oxygen atoms in total. The molecule has 0 spiro atoms. The number of carbonyl (C=O) groups excluding carboxylic acids is 4. The monoisotopic (exact) mass is 442 g/mol. The summed E-state index contributed by atoms with van der Waals surface area (Å²) in [5, 5.41) is 0. The van der Waals surface area contributed by atoms with E-state index in [9.17, 15) is 19.2 Å². The highest BCUT2D eigenvalue weighted by atomic mass is 16.2. The van der Waals surface area contributed by atoms with Crippen LogP contribution in [0.1, 0.15) is 30.9 Å². The number of amides is 4. The normalized spacial score (nSPS) is 27.3. The van der Waals surface area contributed by atoms with E-state index in [0.29, 0.717) is 17.8 Å². The number of hydrogen-bond donors (Lipinski definition) is 0. The molecule has 0 N–H and O–H groups in total. The number of anilines is 2. The molecule has 2 aromatic carbocycles. The Morgan fingerprint density at radius 2 is 1.18 bits per heavy atom. The number of fused-ring (bicyclic) bond motifs is 1. The Morgan fingerprint density at radius 3 is 1.76 bits per heavy atom. The van der Waals surface area contributed by atoms with Crippen LogP contribution in [0.3, 0.4) is 0 Å². The predicted octanol–water partition coefficient (Wildman–Crippen LogP) is 3.95. The lowest BCUT2D eigenvalue weighted by atomic mass is 9.71. The first-order chi connectivity index (χ1) is 15.8. The third kappa shape index (κ3) is 3.41. The topological polar surface area (TPSA) is 74.8 Å². The Bertz CT molecular complexity index is 1200. The van der Waals surface area contributed by atoms with Crippen molar-refractivity contribution in [3.8, 4) is 0 Å². The number of imide groups is 2. The van der Waals surface area contributed by atoms with Crippen molar-refractivity contribution in [3.63, 3.8) is 0 Å². The number of carbonyl (C=O) groups is 4. The molecule has 2 heterocycles. The molecule has 2 fully saturated rings. The average Bonchev–Trinajstić information content (AvgIpc) is 3.22. The number of hydrogen-bond acceptors (Lipinski definition) is 4. The van der Waals surface area contributed by atoms with E-state index < -0.39 is 17.8 Å². The van der Waals surface area contributed by atoms with Gasteiger partial charge in [0.2, 0.25) is 23.6 Å². The van der Waals surface area contributed by atoms with Gasteiger partial charge in [-0.3, -0.25) is 24.1 Å². The summed E-state index contributed by atoms with van der Waals surface area (Å²) in [4.78, 5) is 55.1. The van der Waals surface area contributed by atoms with Crippen LogP contribution in [0.5, 0.6) is 0 Å². The second-order valence-electron chi connectivity index (χ2n) is 9.46. The fraction of sp³-hybridized carbons (Fsp3) is 0.333. The second-order valence-corrected chi connectivity index (χ2v) is 9.46. The standard InChI is InChI=1S/C27H26N2O4/c1-15-4-8-19(9-5-15)28-23(30)14-21(25(28)31)18-12-17(3)24-22(13-18)26(32)29(27(24)33)20-10-6-16(2)7-11-20/h4-12,18,21-22,24H,13-14H2,1-3H3/t18-,21+,22-,24-/m1/s1. The fourth-order valence-electron chi connectivity index (χ4n) is 5.46. The van der Waals surface area contributed by atoms with Gasteiger partial charge < -0.3 is 0 Å². The van der Waals surface area contributed by atoms with E-state index in [-0.39, 0.29) is 36.0 Å². The number of benzene rings is 2. The average molecular weight is 443 g/mol. The van der Waals surface area contributed by atoms with Crippen LogP contribution >= 0.6 is 0 Å². The molecular formula is C27H26N2O4. The highest BCUT2D eigenvalue weighted by molar-refractivity contribution is 6.23. The van der Waals surface area contributed by atoms with Crippen LogP contribution in [0.2, 0.25) is 0 Å². The maximum Gasteiger partial charge on any atom is 0.241 e. The van der Waals surface area contributed by atoms with Crippen LogP contribution < -0.4 is 9.80 Å². The Morgan fingerprint density at radius 1 is 0.667 bits per heavy atom. The van der Waals surface area contributed by atoms with Gasteiger partial charge in [-0.2, -0.15) is 0 Å². The van der Waals surface area contributed by atoms with E-state index in [0.717, 1.165) is 16.7 Å². The third-order valence-electron chi connectivity index (χ3n) is 7.20. The molecule has 6 heteroatoms. The van der Waals surface area contributed by atoms with Crippen LogP contribution in [0.15, 0.2) is 60.2 Å². The van der Waals surface area contributed by atoms with Crippen molar-refractivity contribution in [2.24, 2.45) is 23.7 Å². The highest BCUT2D eigenvalue weighted by Gasteiger charge is 2.53. The van der Waals surface area contributed by atoms with Gasteiger partial charge in [-0.25, -0.2) is 4.90 Å². The number of aryl methyl sites for hydroxylation is 2. The molecule has 5 rings (SSSR count). The molecule has 0 unspecified atom stereocenters. The van der Waals surface area contributed by atoms with Crippen LogP contribution in [-0.4, -0.2) is 23.6 Å². The second kappa shape index (κ2) is 7.80. The van der Waals surface area contributed by atoms with Crippen LogP contribution in [0.25, 0.3) is 0 Å². The van der Waals surface area contributed by atoms with Gasteiger partial charge in [0, 0.05) is 6.42 Å². The van der Waals surface area contributed by atoms with E-state index in [2.05, 4.69) is 0 Å². The Kier molecular flexibility index (Phi) is 5.04. The zero-order valence-corrected chi connectivity index (χ0v) is 18.9. The summed E-state index contributed by atoms with van der Waals surface area (Å²) in [5.74, 6) is -2.69. The minimum atomic E-state index is -0.522. The molecule has 2 saturated heterocycles. The molecule has 0 saturated carbocycles. The van der Waals surface area contributed by atoms with Crippen LogP contribution in [-0.2, 0) is 19.2 Å². The molecule has 0 bridgehead atoms. The first-order valence-electron chi connectivity index (χ1n) is 11.3. The van der Waals surface area contributed by atoms with Gasteiger partial charge in [-0.05, 0) is 57.4 Å². The third-order valence-corrected chi connectivity index (χ3v) is 7.20. The summed E-state index contributed by atoms with van der Waals surface area (Å²) >= 11 is 0. The summed E-state index contributed by atoms with van der Waals surface area (Å²) in [6.45, 7) is 5.76. The van der Waals surface area contributed by atoms with Gasteiger partial charge in [0.05, 0.1) is 29.1 Å². The van der Waals surface area contributed by atoms with Crippen LogP contribution in [0.4, 0.5) is 11.4 Å².